The number of carbonyl (C=O) groups excluding carboxylic acids is 1. The average molecular weight is 260 g/mol. The van der Waals surface area contributed by atoms with Gasteiger partial charge in [-0.15, -0.1) is 0 Å². The van der Waals surface area contributed by atoms with Crippen LogP contribution in [0.3, 0.4) is 0 Å². The molecule has 1 saturated heterocycles. The predicted octanol–water partition coefficient (Wildman–Crippen LogP) is 2.69. The van der Waals surface area contributed by atoms with E-state index >= 15 is 0 Å². The molecule has 0 N–H and O–H groups in total. The molecule has 0 bridgehead atoms. The molecule has 0 aromatic rings. The summed E-state index contributed by atoms with van der Waals surface area (Å²) in [5, 5.41) is 0. The highest BCUT2D eigenvalue weighted by Gasteiger charge is 2.39. The fourth-order valence-corrected chi connectivity index (χ4v) is 4.94. The molecule has 0 saturated carbocycles. The van der Waals surface area contributed by atoms with Crippen LogP contribution < -0.4 is 0 Å². The number of hydrogen-bond acceptors (Lipinski definition) is 4. The van der Waals surface area contributed by atoms with Gasteiger partial charge in [-0.1, -0.05) is 20.8 Å². The van der Waals surface area contributed by atoms with E-state index in [9.17, 15) is 4.79 Å². The Labute approximate surface area is 105 Å². The molecular weight excluding hydrogens is 236 g/mol. The molecular formula is C12H24O4Si. The van der Waals surface area contributed by atoms with Crippen molar-refractivity contribution < 1.29 is 18.7 Å². The van der Waals surface area contributed by atoms with Crippen LogP contribution in [0.4, 0.5) is 0 Å². The standard InChI is InChI=1S/C12H24O4Si/c1-5-17(6-2,7-3)16-12-11(8-9-14-12)15-10(4)13/h11-12H,5-9H2,1-4H3/t11-,12-/m0/s1. The van der Waals surface area contributed by atoms with Crippen LogP contribution in [0, 0.1) is 0 Å². The Balaban J connectivity index is 2.62. The van der Waals surface area contributed by atoms with Crippen molar-refractivity contribution in [3.05, 3.63) is 0 Å². The first kappa shape index (κ1) is 14.7. The van der Waals surface area contributed by atoms with E-state index in [-0.39, 0.29) is 18.4 Å². The van der Waals surface area contributed by atoms with E-state index in [1.807, 2.05) is 0 Å². The maximum Gasteiger partial charge on any atom is 0.303 e. The number of ether oxygens (including phenoxy) is 2. The molecule has 2 atom stereocenters. The van der Waals surface area contributed by atoms with Crippen LogP contribution in [0.25, 0.3) is 0 Å². The highest BCUT2D eigenvalue weighted by molar-refractivity contribution is 6.73. The zero-order chi connectivity index (χ0) is 12.9. The summed E-state index contributed by atoms with van der Waals surface area (Å²) in [7, 11) is -1.69. The fourth-order valence-electron chi connectivity index (χ4n) is 2.23. The lowest BCUT2D eigenvalue weighted by molar-refractivity contribution is -0.161. The molecule has 17 heavy (non-hydrogen) atoms. The van der Waals surface area contributed by atoms with Gasteiger partial charge >= 0.3 is 5.97 Å². The van der Waals surface area contributed by atoms with Crippen LogP contribution in [0.1, 0.15) is 34.1 Å². The van der Waals surface area contributed by atoms with Crippen molar-refractivity contribution in [1.29, 1.82) is 0 Å². The van der Waals surface area contributed by atoms with Crippen molar-refractivity contribution in [3.8, 4) is 0 Å². The lowest BCUT2D eigenvalue weighted by Crippen LogP contribution is -2.43. The van der Waals surface area contributed by atoms with Crippen LogP contribution in [0.5, 0.6) is 0 Å². The van der Waals surface area contributed by atoms with Crippen LogP contribution in [-0.2, 0) is 18.7 Å². The van der Waals surface area contributed by atoms with Gasteiger partial charge in [0.1, 0.15) is 0 Å². The van der Waals surface area contributed by atoms with Gasteiger partial charge in [0.2, 0.25) is 0 Å². The van der Waals surface area contributed by atoms with Gasteiger partial charge < -0.3 is 13.9 Å². The summed E-state index contributed by atoms with van der Waals surface area (Å²) in [6.07, 6.45) is 0.181. The molecule has 0 radical (unpaired) electrons. The molecule has 0 amide bonds. The molecule has 1 rings (SSSR count). The molecule has 1 fully saturated rings. The van der Waals surface area contributed by atoms with Crippen molar-refractivity contribution in [2.75, 3.05) is 6.61 Å². The number of hydrogen-bond donors (Lipinski definition) is 0. The zero-order valence-corrected chi connectivity index (χ0v) is 12.3. The summed E-state index contributed by atoms with van der Waals surface area (Å²) in [6.45, 7) is 8.57. The van der Waals surface area contributed by atoms with Gasteiger partial charge in [0.05, 0.1) is 6.61 Å². The SMILES string of the molecule is CC[Si](CC)(CC)O[C@@H]1OCC[C@@H]1OC(C)=O. The third kappa shape index (κ3) is 3.79. The summed E-state index contributed by atoms with van der Waals surface area (Å²) in [4.78, 5) is 11.0. The predicted molar refractivity (Wildman–Crippen MR) is 68.2 cm³/mol. The highest BCUT2D eigenvalue weighted by Crippen LogP contribution is 2.28. The molecule has 1 aliphatic rings. The first-order valence-corrected chi connectivity index (χ1v) is 9.06. The second kappa shape index (κ2) is 6.52. The smallest absolute Gasteiger partial charge is 0.303 e. The quantitative estimate of drug-likeness (QED) is 0.544. The van der Waals surface area contributed by atoms with Gasteiger partial charge in [-0.2, -0.15) is 0 Å². The van der Waals surface area contributed by atoms with Gasteiger partial charge in [-0.25, -0.2) is 0 Å². The van der Waals surface area contributed by atoms with E-state index in [0.29, 0.717) is 6.61 Å². The Morgan fingerprint density at radius 2 is 1.88 bits per heavy atom. The molecule has 0 aliphatic carbocycles. The fraction of sp³-hybridized carbons (Fsp3) is 0.917. The first-order valence-electron chi connectivity index (χ1n) is 6.53. The third-order valence-electron chi connectivity index (χ3n) is 3.60. The number of rotatable bonds is 6. The molecule has 1 aliphatic heterocycles. The maximum absolute atomic E-state index is 11.0. The molecule has 100 valence electrons. The molecule has 1 heterocycles. The zero-order valence-electron chi connectivity index (χ0n) is 11.3. The Morgan fingerprint density at radius 1 is 1.29 bits per heavy atom. The topological polar surface area (TPSA) is 44.8 Å². The van der Waals surface area contributed by atoms with Crippen LogP contribution in [0.15, 0.2) is 0 Å². The summed E-state index contributed by atoms with van der Waals surface area (Å²) in [5.41, 5.74) is 0. The van der Waals surface area contributed by atoms with E-state index in [2.05, 4.69) is 20.8 Å². The van der Waals surface area contributed by atoms with E-state index < -0.39 is 8.32 Å². The van der Waals surface area contributed by atoms with Crippen LogP contribution in [-0.4, -0.2) is 33.3 Å². The largest absolute Gasteiger partial charge is 0.457 e. The van der Waals surface area contributed by atoms with Crippen molar-refractivity contribution in [3.63, 3.8) is 0 Å². The number of carbonyl (C=O) groups is 1. The molecule has 4 nitrogen and oxygen atoms in total. The Kier molecular flexibility index (Phi) is 5.62. The molecule has 0 spiro atoms. The second-order valence-electron chi connectivity index (χ2n) is 4.54. The van der Waals surface area contributed by atoms with E-state index in [1.54, 1.807) is 0 Å². The van der Waals surface area contributed by atoms with E-state index in [4.69, 9.17) is 13.9 Å². The van der Waals surface area contributed by atoms with Crippen molar-refractivity contribution in [2.45, 2.75) is 64.6 Å². The van der Waals surface area contributed by atoms with Crippen molar-refractivity contribution >= 4 is 14.3 Å². The summed E-state index contributed by atoms with van der Waals surface area (Å²) in [6, 6.07) is 3.23. The first-order chi connectivity index (χ1) is 8.06. The highest BCUT2D eigenvalue weighted by atomic mass is 28.4. The molecule has 5 heteroatoms. The van der Waals surface area contributed by atoms with Gasteiger partial charge in [0.15, 0.2) is 20.7 Å². The van der Waals surface area contributed by atoms with E-state index in [1.165, 1.54) is 6.92 Å². The van der Waals surface area contributed by atoms with Gasteiger partial charge in [-0.3, -0.25) is 4.79 Å². The Bertz CT molecular complexity index is 245. The van der Waals surface area contributed by atoms with Crippen LogP contribution >= 0.6 is 0 Å². The molecule has 0 aromatic carbocycles. The second-order valence-corrected chi connectivity index (χ2v) is 9.26. The molecule has 0 aromatic heterocycles. The Hall–Kier alpha value is -0.393. The minimum atomic E-state index is -1.69. The summed E-state index contributed by atoms with van der Waals surface area (Å²) >= 11 is 0. The average Bonchev–Trinajstić information content (AvgIpc) is 2.72. The lowest BCUT2D eigenvalue weighted by atomic mass is 10.3. The van der Waals surface area contributed by atoms with Gasteiger partial charge in [0, 0.05) is 13.3 Å². The van der Waals surface area contributed by atoms with Gasteiger partial charge in [0.25, 0.3) is 0 Å². The van der Waals surface area contributed by atoms with Gasteiger partial charge in [-0.05, 0) is 18.1 Å². The maximum atomic E-state index is 11.0. The van der Waals surface area contributed by atoms with Crippen LogP contribution in [0.2, 0.25) is 18.1 Å². The minimum Gasteiger partial charge on any atom is -0.457 e. The monoisotopic (exact) mass is 260 g/mol. The normalized spacial score (nSPS) is 24.9. The number of esters is 1. The minimum absolute atomic E-state index is 0.218. The summed E-state index contributed by atoms with van der Waals surface area (Å²) in [5.74, 6) is -0.258. The molecule has 0 unspecified atom stereocenters. The third-order valence-corrected chi connectivity index (χ3v) is 8.20. The summed E-state index contributed by atoms with van der Waals surface area (Å²) < 4.78 is 17.0. The van der Waals surface area contributed by atoms with Crippen molar-refractivity contribution in [2.24, 2.45) is 0 Å². The lowest BCUT2D eigenvalue weighted by Gasteiger charge is -2.32. The van der Waals surface area contributed by atoms with E-state index in [0.717, 1.165) is 24.6 Å². The Morgan fingerprint density at radius 3 is 2.35 bits per heavy atom. The van der Waals surface area contributed by atoms with Crippen molar-refractivity contribution in [1.82, 2.24) is 0 Å².